The highest BCUT2D eigenvalue weighted by Crippen LogP contribution is 2.49. The van der Waals surface area contributed by atoms with Crippen LogP contribution in [0, 0.1) is 31.6 Å². The molecule has 200 valence electrons. The van der Waals surface area contributed by atoms with Gasteiger partial charge in [-0.2, -0.15) is 9.49 Å². The summed E-state index contributed by atoms with van der Waals surface area (Å²) in [5.41, 5.74) is 10.1. The minimum atomic E-state index is -1.16. The Morgan fingerprint density at radius 3 is 2.31 bits per heavy atom. The zero-order valence-corrected chi connectivity index (χ0v) is 24.3. The molecule has 0 atom stereocenters. The number of halogens is 3. The zero-order chi connectivity index (χ0) is 24.6. The second kappa shape index (κ2) is 12.1. The predicted molar refractivity (Wildman–Crippen MR) is 149 cm³/mol. The molecule has 2 heterocycles. The summed E-state index contributed by atoms with van der Waals surface area (Å²) in [6.45, 7) is 11.7. The topological polar surface area (TPSA) is 95.1 Å². The van der Waals surface area contributed by atoms with Gasteiger partial charge < -0.3 is 15.8 Å². The molecule has 2 aromatic rings. The highest BCUT2D eigenvalue weighted by Gasteiger charge is 2.39. The monoisotopic (exact) mass is 557 g/mol. The standard InChI is InChI=1S/C25H36FN5O2Si.2ClH/c1-15-21(16(2)31(30-15)14-33-12-13-34(3,4)5)19-10-11-20(28-24(19)26)29-25(32)23(27)22(17-6-7-17)18-8-9-18;;/h10-11,17-18H,6-9,12-14,27H2,1-5H3,(H,28,29,32);2*1H. The third-order valence-electron chi connectivity index (χ3n) is 6.54. The molecule has 7 nitrogen and oxygen atoms in total. The minimum Gasteiger partial charge on any atom is -0.394 e. The van der Waals surface area contributed by atoms with Crippen LogP contribution in [0.25, 0.3) is 11.1 Å². The number of amides is 1. The van der Waals surface area contributed by atoms with Crippen LogP contribution in [0.5, 0.6) is 0 Å². The van der Waals surface area contributed by atoms with E-state index in [0.717, 1.165) is 43.0 Å². The highest BCUT2D eigenvalue weighted by molar-refractivity contribution is 6.76. The Kier molecular flexibility index (Phi) is 10.2. The van der Waals surface area contributed by atoms with Crippen molar-refractivity contribution in [2.24, 2.45) is 17.6 Å². The van der Waals surface area contributed by atoms with Crippen molar-refractivity contribution < 1.29 is 13.9 Å². The number of anilines is 1. The Bertz CT molecular complexity index is 1110. The van der Waals surface area contributed by atoms with Crippen LogP contribution in [0.2, 0.25) is 25.7 Å². The summed E-state index contributed by atoms with van der Waals surface area (Å²) in [4.78, 5) is 16.7. The number of hydrogen-bond acceptors (Lipinski definition) is 5. The Hall–Kier alpha value is -1.94. The molecule has 0 unspecified atom stereocenters. The number of aryl methyl sites for hydroxylation is 1. The van der Waals surface area contributed by atoms with Crippen LogP contribution < -0.4 is 11.1 Å². The maximum Gasteiger partial charge on any atom is 0.272 e. The largest absolute Gasteiger partial charge is 0.394 e. The van der Waals surface area contributed by atoms with Gasteiger partial charge in [0.1, 0.15) is 12.5 Å². The van der Waals surface area contributed by atoms with E-state index in [-0.39, 0.29) is 36.3 Å². The molecule has 0 radical (unpaired) electrons. The molecule has 36 heavy (non-hydrogen) atoms. The molecular weight excluding hydrogens is 520 g/mol. The van der Waals surface area contributed by atoms with E-state index in [1.807, 2.05) is 13.8 Å². The molecule has 2 fully saturated rings. The van der Waals surface area contributed by atoms with Gasteiger partial charge in [0.2, 0.25) is 5.95 Å². The van der Waals surface area contributed by atoms with Crippen LogP contribution in [0.15, 0.2) is 23.4 Å². The number of nitrogens with two attached hydrogens (primary N) is 1. The van der Waals surface area contributed by atoms with E-state index < -0.39 is 19.9 Å². The average molecular weight is 559 g/mol. The van der Waals surface area contributed by atoms with Gasteiger partial charge in [-0.3, -0.25) is 4.79 Å². The quantitative estimate of drug-likeness (QED) is 0.166. The van der Waals surface area contributed by atoms with E-state index >= 15 is 4.39 Å². The van der Waals surface area contributed by atoms with Crippen LogP contribution in [-0.4, -0.2) is 35.4 Å². The number of nitrogens with zero attached hydrogens (tertiary/aromatic N) is 3. The van der Waals surface area contributed by atoms with E-state index in [2.05, 4.69) is 35.0 Å². The molecule has 2 aliphatic carbocycles. The fraction of sp³-hybridized carbons (Fsp3) is 0.560. The van der Waals surface area contributed by atoms with Gasteiger partial charge in [-0.1, -0.05) is 19.6 Å². The smallest absolute Gasteiger partial charge is 0.272 e. The molecule has 0 spiro atoms. The Labute approximate surface area is 226 Å². The second-order valence-corrected chi connectivity index (χ2v) is 16.4. The number of carbonyl (C=O) groups excluding carboxylic acids is 1. The average Bonchev–Trinajstić information content (AvgIpc) is 3.67. The molecular formula is C25H38Cl2FN5O2Si. The summed E-state index contributed by atoms with van der Waals surface area (Å²) in [6, 6.07) is 4.32. The molecule has 4 rings (SSSR count). The summed E-state index contributed by atoms with van der Waals surface area (Å²) in [5.74, 6) is -0.0309. The van der Waals surface area contributed by atoms with Crippen molar-refractivity contribution in [3.05, 3.63) is 40.7 Å². The SMILES string of the molecule is Cc1nn(COCC[Si](C)(C)C)c(C)c1-c1ccc(NC(=O)C(N)=C(C2CC2)C2CC2)nc1F.Cl.Cl. The van der Waals surface area contributed by atoms with Crippen molar-refractivity contribution in [3.8, 4) is 11.1 Å². The van der Waals surface area contributed by atoms with Crippen molar-refractivity contribution in [2.75, 3.05) is 11.9 Å². The Morgan fingerprint density at radius 2 is 1.78 bits per heavy atom. The summed E-state index contributed by atoms with van der Waals surface area (Å²) in [5, 5.41) is 7.21. The number of nitrogens with one attached hydrogen (secondary N) is 1. The summed E-state index contributed by atoms with van der Waals surface area (Å²) in [7, 11) is -1.16. The van der Waals surface area contributed by atoms with Crippen LogP contribution >= 0.6 is 24.8 Å². The van der Waals surface area contributed by atoms with Crippen molar-refractivity contribution in [2.45, 2.75) is 71.9 Å². The number of allylic oxidation sites excluding steroid dienone is 1. The first-order valence-electron chi connectivity index (χ1n) is 12.1. The number of pyridine rings is 1. The molecule has 0 saturated heterocycles. The van der Waals surface area contributed by atoms with Gasteiger partial charge in [0.15, 0.2) is 0 Å². The first-order chi connectivity index (χ1) is 16.0. The van der Waals surface area contributed by atoms with Crippen LogP contribution in [-0.2, 0) is 16.3 Å². The third kappa shape index (κ3) is 7.31. The molecule has 0 aliphatic heterocycles. The van der Waals surface area contributed by atoms with E-state index in [0.29, 0.717) is 42.0 Å². The fourth-order valence-electron chi connectivity index (χ4n) is 4.31. The van der Waals surface area contributed by atoms with Crippen LogP contribution in [0.1, 0.15) is 37.1 Å². The number of carbonyl (C=O) groups is 1. The van der Waals surface area contributed by atoms with Gasteiger partial charge in [-0.05, 0) is 75.1 Å². The first kappa shape index (κ1) is 30.3. The summed E-state index contributed by atoms with van der Waals surface area (Å²) >= 11 is 0. The van der Waals surface area contributed by atoms with Gasteiger partial charge in [0.25, 0.3) is 5.91 Å². The normalized spacial score (nSPS) is 15.1. The second-order valence-electron chi connectivity index (χ2n) is 10.8. The molecule has 0 aromatic carbocycles. The lowest BCUT2D eigenvalue weighted by Crippen LogP contribution is -2.24. The molecule has 2 aromatic heterocycles. The summed E-state index contributed by atoms with van der Waals surface area (Å²) < 4.78 is 22.6. The minimum absolute atomic E-state index is 0. The van der Waals surface area contributed by atoms with Gasteiger partial charge in [0.05, 0.1) is 11.4 Å². The highest BCUT2D eigenvalue weighted by atomic mass is 35.5. The molecule has 1 amide bonds. The van der Waals surface area contributed by atoms with Crippen molar-refractivity contribution in [3.63, 3.8) is 0 Å². The third-order valence-corrected chi connectivity index (χ3v) is 8.25. The number of rotatable bonds is 10. The van der Waals surface area contributed by atoms with E-state index in [9.17, 15) is 4.79 Å². The summed E-state index contributed by atoms with van der Waals surface area (Å²) in [6.07, 6.45) is 4.38. The van der Waals surface area contributed by atoms with E-state index in [4.69, 9.17) is 10.5 Å². The van der Waals surface area contributed by atoms with Crippen molar-refractivity contribution in [1.29, 1.82) is 0 Å². The Balaban J connectivity index is 0.00000228. The lowest BCUT2D eigenvalue weighted by molar-refractivity contribution is -0.113. The lowest BCUT2D eigenvalue weighted by Gasteiger charge is -2.15. The molecule has 2 saturated carbocycles. The van der Waals surface area contributed by atoms with Crippen molar-refractivity contribution >= 4 is 44.6 Å². The fourth-order valence-corrected chi connectivity index (χ4v) is 5.07. The van der Waals surface area contributed by atoms with Gasteiger partial charge in [-0.25, -0.2) is 9.67 Å². The van der Waals surface area contributed by atoms with Gasteiger partial charge in [-0.15, -0.1) is 24.8 Å². The molecule has 3 N–H and O–H groups in total. The maximum absolute atomic E-state index is 15.1. The molecule has 0 bridgehead atoms. The number of ether oxygens (including phenoxy) is 1. The van der Waals surface area contributed by atoms with E-state index in [1.165, 1.54) is 0 Å². The number of hydrogen-bond donors (Lipinski definition) is 2. The number of aromatic nitrogens is 3. The maximum atomic E-state index is 15.1. The van der Waals surface area contributed by atoms with Crippen LogP contribution in [0.4, 0.5) is 10.2 Å². The first-order valence-corrected chi connectivity index (χ1v) is 15.9. The van der Waals surface area contributed by atoms with Gasteiger partial charge >= 0.3 is 0 Å². The lowest BCUT2D eigenvalue weighted by atomic mass is 10.0. The zero-order valence-electron chi connectivity index (χ0n) is 21.7. The van der Waals surface area contributed by atoms with Gasteiger partial charge in [0, 0.05) is 31.5 Å². The van der Waals surface area contributed by atoms with Crippen LogP contribution in [0.3, 0.4) is 0 Å². The molecule has 11 heteroatoms. The Morgan fingerprint density at radius 1 is 1.17 bits per heavy atom. The molecule has 2 aliphatic rings. The van der Waals surface area contributed by atoms with E-state index in [1.54, 1.807) is 16.8 Å². The van der Waals surface area contributed by atoms with Crippen molar-refractivity contribution in [1.82, 2.24) is 14.8 Å². The predicted octanol–water partition coefficient (Wildman–Crippen LogP) is 5.83.